The van der Waals surface area contributed by atoms with Crippen molar-refractivity contribution in [2.24, 2.45) is 17.3 Å². The van der Waals surface area contributed by atoms with Gasteiger partial charge in [-0.3, -0.25) is 4.79 Å². The zero-order valence-corrected chi connectivity index (χ0v) is 11.3. The van der Waals surface area contributed by atoms with Crippen LogP contribution < -0.4 is 0 Å². The average Bonchev–Trinajstić information content (AvgIpc) is 2.86. The molecule has 0 aromatic rings. The van der Waals surface area contributed by atoms with Crippen LogP contribution in [0, 0.1) is 17.3 Å². The first-order valence-electron chi connectivity index (χ1n) is 6.97. The molecule has 104 valence electrons. The third-order valence-electron chi connectivity index (χ3n) is 4.62. The summed E-state index contributed by atoms with van der Waals surface area (Å²) in [4.78, 5) is 11.6. The molecule has 0 amide bonds. The van der Waals surface area contributed by atoms with Crippen LogP contribution in [-0.4, -0.2) is 35.0 Å². The Morgan fingerprint density at radius 1 is 1.44 bits per heavy atom. The second-order valence-electron chi connectivity index (χ2n) is 6.28. The quantitative estimate of drug-likeness (QED) is 0.763. The molecular weight excluding hydrogens is 232 g/mol. The number of carboxylic acids is 1. The smallest absolute Gasteiger partial charge is 0.310 e. The van der Waals surface area contributed by atoms with Gasteiger partial charge in [0.15, 0.2) is 0 Å². The molecule has 2 bridgehead atoms. The summed E-state index contributed by atoms with van der Waals surface area (Å²) < 4.78 is 5.38. The van der Waals surface area contributed by atoms with Gasteiger partial charge >= 0.3 is 5.97 Å². The average molecular weight is 256 g/mol. The molecule has 0 aromatic carbocycles. The summed E-state index contributed by atoms with van der Waals surface area (Å²) in [5.74, 6) is 0.0938. The monoisotopic (exact) mass is 256 g/mol. The Morgan fingerprint density at radius 2 is 2.17 bits per heavy atom. The van der Waals surface area contributed by atoms with E-state index in [1.54, 1.807) is 0 Å². The summed E-state index contributed by atoms with van der Waals surface area (Å²) in [5.41, 5.74) is -0.692. The number of aliphatic hydroxyl groups excluding tert-OH is 1. The lowest BCUT2D eigenvalue weighted by Crippen LogP contribution is -2.40. The zero-order valence-electron chi connectivity index (χ0n) is 11.3. The minimum absolute atomic E-state index is 0.0699. The van der Waals surface area contributed by atoms with Gasteiger partial charge in [-0.15, -0.1) is 0 Å². The summed E-state index contributed by atoms with van der Waals surface area (Å²) in [6.45, 7) is 4.07. The predicted molar refractivity (Wildman–Crippen MR) is 67.2 cm³/mol. The summed E-state index contributed by atoms with van der Waals surface area (Å²) in [6.07, 6.45) is 3.70. The Hall–Kier alpha value is -0.610. The summed E-state index contributed by atoms with van der Waals surface area (Å²) >= 11 is 0. The van der Waals surface area contributed by atoms with E-state index in [1.165, 1.54) is 0 Å². The molecule has 2 aliphatic carbocycles. The van der Waals surface area contributed by atoms with E-state index in [1.807, 2.05) is 13.8 Å². The minimum atomic E-state index is -0.724. The zero-order chi connectivity index (χ0) is 13.3. The van der Waals surface area contributed by atoms with Gasteiger partial charge < -0.3 is 14.9 Å². The third kappa shape index (κ3) is 2.54. The molecule has 2 N–H and O–H groups in total. The fourth-order valence-corrected chi connectivity index (χ4v) is 3.83. The van der Waals surface area contributed by atoms with Crippen molar-refractivity contribution in [2.45, 2.75) is 58.2 Å². The topological polar surface area (TPSA) is 66.8 Å². The van der Waals surface area contributed by atoms with E-state index in [-0.39, 0.29) is 18.6 Å². The van der Waals surface area contributed by atoms with Gasteiger partial charge in [0.05, 0.1) is 24.2 Å². The number of carboxylic acid groups (broad SMARTS) is 1. The summed E-state index contributed by atoms with van der Waals surface area (Å²) in [6, 6.07) is 0. The highest BCUT2D eigenvalue weighted by Gasteiger charge is 2.56. The SMILES string of the molecule is CC(C)OCC(O)CC1(C(=O)O)CC2CCC1C2. The number of aliphatic hydroxyl groups is 1. The van der Waals surface area contributed by atoms with Crippen molar-refractivity contribution in [2.75, 3.05) is 6.61 Å². The van der Waals surface area contributed by atoms with Crippen LogP contribution in [-0.2, 0) is 9.53 Å². The second kappa shape index (κ2) is 5.17. The molecule has 2 aliphatic rings. The summed E-state index contributed by atoms with van der Waals surface area (Å²) in [5, 5.41) is 19.6. The number of rotatable bonds is 6. The molecule has 0 radical (unpaired) electrons. The van der Waals surface area contributed by atoms with Crippen LogP contribution in [0.2, 0.25) is 0 Å². The lowest BCUT2D eigenvalue weighted by atomic mass is 9.69. The fourth-order valence-electron chi connectivity index (χ4n) is 3.83. The third-order valence-corrected chi connectivity index (χ3v) is 4.62. The molecule has 4 nitrogen and oxygen atoms in total. The molecule has 2 fully saturated rings. The van der Waals surface area contributed by atoms with Crippen molar-refractivity contribution in [3.05, 3.63) is 0 Å². The van der Waals surface area contributed by atoms with Crippen molar-refractivity contribution in [1.29, 1.82) is 0 Å². The van der Waals surface area contributed by atoms with Crippen LogP contribution in [0.3, 0.4) is 0 Å². The highest BCUT2D eigenvalue weighted by molar-refractivity contribution is 5.76. The number of hydrogen-bond donors (Lipinski definition) is 2. The molecule has 0 spiro atoms. The maximum Gasteiger partial charge on any atom is 0.310 e. The first-order chi connectivity index (χ1) is 8.44. The number of aliphatic carboxylic acids is 1. The van der Waals surface area contributed by atoms with Crippen LogP contribution in [0.15, 0.2) is 0 Å². The van der Waals surface area contributed by atoms with E-state index in [2.05, 4.69) is 0 Å². The van der Waals surface area contributed by atoms with E-state index in [0.29, 0.717) is 12.3 Å². The molecule has 0 saturated heterocycles. The number of hydrogen-bond acceptors (Lipinski definition) is 3. The predicted octanol–water partition coefficient (Wildman–Crippen LogP) is 2.05. The van der Waals surface area contributed by atoms with E-state index in [4.69, 9.17) is 4.74 Å². The number of ether oxygens (including phenoxy) is 1. The molecule has 2 saturated carbocycles. The van der Waals surface area contributed by atoms with E-state index in [9.17, 15) is 15.0 Å². The van der Waals surface area contributed by atoms with Gasteiger partial charge in [-0.2, -0.15) is 0 Å². The van der Waals surface area contributed by atoms with Gasteiger partial charge in [0.2, 0.25) is 0 Å². The first-order valence-corrected chi connectivity index (χ1v) is 6.97. The normalized spacial score (nSPS) is 36.2. The molecule has 2 rings (SSSR count). The standard InChI is InChI=1S/C14H24O4/c1-9(2)18-8-12(15)7-14(13(16)17)6-10-3-4-11(14)5-10/h9-12,15H,3-8H2,1-2H3,(H,16,17). The van der Waals surface area contributed by atoms with Gasteiger partial charge in [0.1, 0.15) is 0 Å². The highest BCUT2D eigenvalue weighted by Crippen LogP contribution is 2.58. The van der Waals surface area contributed by atoms with Crippen molar-refractivity contribution >= 4 is 5.97 Å². The van der Waals surface area contributed by atoms with Crippen LogP contribution in [0.1, 0.15) is 46.0 Å². The first kappa shape index (κ1) is 13.8. The van der Waals surface area contributed by atoms with Crippen molar-refractivity contribution in [3.8, 4) is 0 Å². The second-order valence-corrected chi connectivity index (χ2v) is 6.28. The molecule has 0 heterocycles. The Morgan fingerprint density at radius 3 is 2.61 bits per heavy atom. The van der Waals surface area contributed by atoms with Gasteiger partial charge in [-0.05, 0) is 51.4 Å². The van der Waals surface area contributed by atoms with Gasteiger partial charge in [-0.1, -0.05) is 6.42 Å². The van der Waals surface area contributed by atoms with Crippen LogP contribution in [0.25, 0.3) is 0 Å². The van der Waals surface area contributed by atoms with Gasteiger partial charge in [0.25, 0.3) is 0 Å². The van der Waals surface area contributed by atoms with Crippen LogP contribution in [0.5, 0.6) is 0 Å². The number of carbonyl (C=O) groups is 1. The van der Waals surface area contributed by atoms with Gasteiger partial charge in [0, 0.05) is 0 Å². The van der Waals surface area contributed by atoms with Gasteiger partial charge in [-0.25, -0.2) is 0 Å². The number of fused-ring (bicyclic) bond motifs is 2. The maximum atomic E-state index is 11.6. The Labute approximate surface area is 108 Å². The minimum Gasteiger partial charge on any atom is -0.481 e. The molecule has 4 heteroatoms. The van der Waals surface area contributed by atoms with Crippen molar-refractivity contribution < 1.29 is 19.7 Å². The molecule has 4 atom stereocenters. The van der Waals surface area contributed by atoms with Crippen molar-refractivity contribution in [3.63, 3.8) is 0 Å². The maximum absolute atomic E-state index is 11.6. The van der Waals surface area contributed by atoms with E-state index >= 15 is 0 Å². The van der Waals surface area contributed by atoms with Crippen molar-refractivity contribution in [1.82, 2.24) is 0 Å². The summed E-state index contributed by atoms with van der Waals surface area (Å²) in [7, 11) is 0. The Balaban J connectivity index is 1.97. The lowest BCUT2D eigenvalue weighted by molar-refractivity contribution is -0.156. The van der Waals surface area contributed by atoms with E-state index in [0.717, 1.165) is 25.7 Å². The largest absolute Gasteiger partial charge is 0.481 e. The van der Waals surface area contributed by atoms with Crippen LogP contribution in [0.4, 0.5) is 0 Å². The lowest BCUT2D eigenvalue weighted by Gasteiger charge is -2.35. The Bertz CT molecular complexity index is 315. The molecule has 4 unspecified atom stereocenters. The fraction of sp³-hybridized carbons (Fsp3) is 0.929. The Kier molecular flexibility index (Phi) is 3.97. The molecule has 18 heavy (non-hydrogen) atoms. The molecular formula is C14H24O4. The van der Waals surface area contributed by atoms with Crippen LogP contribution >= 0.6 is 0 Å². The highest BCUT2D eigenvalue weighted by atomic mass is 16.5. The molecule has 0 aromatic heterocycles. The molecule has 0 aliphatic heterocycles. The van der Waals surface area contributed by atoms with E-state index < -0.39 is 17.5 Å².